The fraction of sp³-hybridized carbons (Fsp3) is 0.111. The Kier molecular flexibility index (Phi) is 2.78. The Labute approximate surface area is 97.0 Å². The van der Waals surface area contributed by atoms with Gasteiger partial charge in [0.15, 0.2) is 0 Å². The summed E-state index contributed by atoms with van der Waals surface area (Å²) in [6.45, 7) is 1.13. The molecule has 7 heteroatoms. The van der Waals surface area contributed by atoms with Crippen molar-refractivity contribution < 1.29 is 24.5 Å². The quantitative estimate of drug-likeness (QED) is 0.580. The molecule has 4 nitrogen and oxygen atoms in total. The molecule has 0 radical (unpaired) electrons. The van der Waals surface area contributed by atoms with Gasteiger partial charge in [-0.15, -0.1) is 0 Å². The fourth-order valence-electron chi connectivity index (χ4n) is 1.16. The van der Waals surface area contributed by atoms with Crippen molar-refractivity contribution in [3.63, 3.8) is 0 Å². The summed E-state index contributed by atoms with van der Waals surface area (Å²) in [6, 6.07) is 1.51. The molecule has 0 amide bonds. The zero-order valence-electron chi connectivity index (χ0n) is 7.92. The van der Waals surface area contributed by atoms with Crippen molar-refractivity contribution in [2.75, 3.05) is 0 Å². The van der Waals surface area contributed by atoms with Gasteiger partial charge in [-0.3, -0.25) is 0 Å². The van der Waals surface area contributed by atoms with Crippen LogP contribution in [-0.2, 0) is 10.9 Å². The van der Waals surface area contributed by atoms with Crippen LogP contribution in [0.4, 0.5) is 8.78 Å². The standard InChI is InChI=1S/C9H5F2IO4/c1-4(13)15-12-8-6(9(14)16-12)2-5(10)3-7(8)11/h2-3H,1H3. The molecule has 86 valence electrons. The van der Waals surface area contributed by atoms with Gasteiger partial charge in [0, 0.05) is 0 Å². The molecule has 0 saturated heterocycles. The average molecular weight is 342 g/mol. The zero-order valence-corrected chi connectivity index (χ0v) is 10.1. The maximum absolute atomic E-state index is 13.4. The molecule has 0 aromatic heterocycles. The molecule has 0 aliphatic carbocycles. The van der Waals surface area contributed by atoms with Gasteiger partial charge in [-0.1, -0.05) is 0 Å². The molecule has 0 fully saturated rings. The third-order valence-electron chi connectivity index (χ3n) is 1.69. The summed E-state index contributed by atoms with van der Waals surface area (Å²) in [5.74, 6) is -3.28. The van der Waals surface area contributed by atoms with Gasteiger partial charge in [0.05, 0.1) is 0 Å². The SMILES string of the molecule is CC(=O)OI1OC(=O)c2cc(F)cc(F)c21. The van der Waals surface area contributed by atoms with Crippen LogP contribution in [0.3, 0.4) is 0 Å². The summed E-state index contributed by atoms with van der Waals surface area (Å²) in [5, 5.41) is 0. The maximum atomic E-state index is 13.4. The Morgan fingerprint density at radius 3 is 2.75 bits per heavy atom. The van der Waals surface area contributed by atoms with E-state index in [1.54, 1.807) is 0 Å². The summed E-state index contributed by atoms with van der Waals surface area (Å²) in [6.07, 6.45) is 0. The molecule has 0 spiro atoms. The van der Waals surface area contributed by atoms with Crippen LogP contribution in [0.5, 0.6) is 0 Å². The van der Waals surface area contributed by atoms with Crippen LogP contribution in [0, 0.1) is 15.2 Å². The van der Waals surface area contributed by atoms with Crippen molar-refractivity contribution in [2.45, 2.75) is 6.92 Å². The van der Waals surface area contributed by atoms with Gasteiger partial charge < -0.3 is 0 Å². The molecule has 1 aliphatic heterocycles. The number of rotatable bonds is 1. The first-order chi connectivity index (χ1) is 7.49. The Morgan fingerprint density at radius 1 is 1.44 bits per heavy atom. The zero-order chi connectivity index (χ0) is 11.9. The first kappa shape index (κ1) is 11.2. The van der Waals surface area contributed by atoms with E-state index in [1.807, 2.05) is 0 Å². The second kappa shape index (κ2) is 3.96. The van der Waals surface area contributed by atoms with Crippen LogP contribution >= 0.6 is 20.6 Å². The number of carbonyl (C=O) groups is 2. The van der Waals surface area contributed by atoms with Gasteiger partial charge in [-0.25, -0.2) is 0 Å². The fourth-order valence-corrected chi connectivity index (χ4v) is 4.28. The second-order valence-corrected chi connectivity index (χ2v) is 6.10. The van der Waals surface area contributed by atoms with Crippen LogP contribution in [-0.4, -0.2) is 11.9 Å². The second-order valence-electron chi connectivity index (χ2n) is 2.90. The minimum atomic E-state index is -3.08. The van der Waals surface area contributed by atoms with E-state index in [1.165, 1.54) is 0 Å². The van der Waals surface area contributed by atoms with Crippen LogP contribution < -0.4 is 0 Å². The molecule has 1 aromatic carbocycles. The number of hydrogen-bond acceptors (Lipinski definition) is 4. The summed E-state index contributed by atoms with van der Waals surface area (Å²) in [7, 11) is 0. The van der Waals surface area contributed by atoms with Gasteiger partial charge >= 0.3 is 96.9 Å². The number of fused-ring (bicyclic) bond motifs is 1. The van der Waals surface area contributed by atoms with E-state index in [9.17, 15) is 18.4 Å². The Morgan fingerprint density at radius 2 is 2.12 bits per heavy atom. The average Bonchev–Trinajstić information content (AvgIpc) is 2.42. The van der Waals surface area contributed by atoms with E-state index in [4.69, 9.17) is 6.13 Å². The molecular weight excluding hydrogens is 337 g/mol. The van der Waals surface area contributed by atoms with Crippen molar-refractivity contribution in [1.29, 1.82) is 0 Å². The summed E-state index contributed by atoms with van der Waals surface area (Å²) in [5.41, 5.74) is -0.191. The molecule has 0 saturated carbocycles. The molecule has 0 N–H and O–H groups in total. The molecule has 1 aromatic rings. The van der Waals surface area contributed by atoms with Crippen LogP contribution in [0.25, 0.3) is 0 Å². The Bertz CT molecular complexity index is 489. The van der Waals surface area contributed by atoms with Gasteiger partial charge in [-0.2, -0.15) is 0 Å². The first-order valence-electron chi connectivity index (χ1n) is 4.10. The van der Waals surface area contributed by atoms with Gasteiger partial charge in [-0.05, 0) is 0 Å². The topological polar surface area (TPSA) is 52.6 Å². The summed E-state index contributed by atoms with van der Waals surface area (Å²) in [4.78, 5) is 22.0. The Hall–Kier alpha value is -1.25. The van der Waals surface area contributed by atoms with Gasteiger partial charge in [0.25, 0.3) is 0 Å². The predicted molar refractivity (Wildman–Crippen MR) is 56.3 cm³/mol. The third-order valence-corrected chi connectivity index (χ3v) is 5.48. The number of carbonyl (C=O) groups excluding carboxylic acids is 2. The van der Waals surface area contributed by atoms with E-state index in [0.29, 0.717) is 6.07 Å². The van der Waals surface area contributed by atoms with Crippen LogP contribution in [0.2, 0.25) is 0 Å². The van der Waals surface area contributed by atoms with E-state index < -0.39 is 44.2 Å². The molecule has 0 unspecified atom stereocenters. The summed E-state index contributed by atoms with van der Waals surface area (Å²) >= 11 is -3.08. The van der Waals surface area contributed by atoms with Crippen molar-refractivity contribution in [2.24, 2.45) is 0 Å². The number of hydrogen-bond donors (Lipinski definition) is 0. The van der Waals surface area contributed by atoms with Crippen LogP contribution in [0.15, 0.2) is 12.1 Å². The predicted octanol–water partition coefficient (Wildman–Crippen LogP) is 2.20. The first-order valence-corrected chi connectivity index (χ1v) is 6.94. The normalized spacial score (nSPS) is 15.7. The third kappa shape index (κ3) is 1.86. The molecule has 0 atom stereocenters. The molecule has 0 bridgehead atoms. The monoisotopic (exact) mass is 342 g/mol. The van der Waals surface area contributed by atoms with Crippen LogP contribution in [0.1, 0.15) is 17.3 Å². The molecule has 2 rings (SSSR count). The molecule has 1 aliphatic rings. The number of benzene rings is 1. The van der Waals surface area contributed by atoms with Crippen molar-refractivity contribution in [1.82, 2.24) is 0 Å². The van der Waals surface area contributed by atoms with E-state index in [0.717, 1.165) is 13.0 Å². The molecule has 16 heavy (non-hydrogen) atoms. The minimum absolute atomic E-state index is 0.0919. The van der Waals surface area contributed by atoms with Crippen molar-refractivity contribution >= 4 is 32.6 Å². The molecular formula is C9H5F2IO4. The van der Waals surface area contributed by atoms with Crippen molar-refractivity contribution in [3.05, 3.63) is 32.9 Å². The van der Waals surface area contributed by atoms with Crippen molar-refractivity contribution in [3.8, 4) is 0 Å². The van der Waals surface area contributed by atoms with E-state index >= 15 is 0 Å². The summed E-state index contributed by atoms with van der Waals surface area (Å²) < 4.78 is 35.6. The van der Waals surface area contributed by atoms with E-state index in [-0.39, 0.29) is 9.13 Å². The Balaban J connectivity index is 2.48. The van der Waals surface area contributed by atoms with E-state index in [2.05, 4.69) is 0 Å². The van der Waals surface area contributed by atoms with Gasteiger partial charge in [0.2, 0.25) is 0 Å². The van der Waals surface area contributed by atoms with Gasteiger partial charge in [0.1, 0.15) is 0 Å². The number of halogens is 3. The molecule has 1 heterocycles.